The molecule has 2 atom stereocenters. The van der Waals surface area contributed by atoms with Gasteiger partial charge in [0.15, 0.2) is 8.29 Å². The zero-order valence-corrected chi connectivity index (χ0v) is 15.3. The molecule has 0 aromatic carbocycles. The van der Waals surface area contributed by atoms with Crippen LogP contribution in [0.15, 0.2) is 4.34 Å². The van der Waals surface area contributed by atoms with E-state index < -0.39 is 0 Å². The Kier molecular flexibility index (Phi) is 6.58. The van der Waals surface area contributed by atoms with Crippen LogP contribution in [-0.4, -0.2) is 38.7 Å². The number of carbonyl (C=O) groups is 2. The first-order valence-corrected chi connectivity index (χ1v) is 9.71. The van der Waals surface area contributed by atoms with Gasteiger partial charge in [-0.15, -0.1) is 0 Å². The molecule has 1 aliphatic rings. The van der Waals surface area contributed by atoms with Crippen molar-refractivity contribution in [2.75, 3.05) is 6.54 Å². The highest BCUT2D eigenvalue weighted by molar-refractivity contribution is 8.02. The molecule has 1 aliphatic heterocycles. The molecular formula is C14H21N3O2S3. The molecule has 1 saturated heterocycles. The number of unbranched alkanes of at least 4 members (excludes halogenated alkanes) is 1. The van der Waals surface area contributed by atoms with Gasteiger partial charge < -0.3 is 0 Å². The molecule has 2 unspecified atom stereocenters. The smallest absolute Gasteiger partial charge is 0.243 e. The highest BCUT2D eigenvalue weighted by Crippen LogP contribution is 2.33. The Morgan fingerprint density at radius 3 is 2.86 bits per heavy atom. The van der Waals surface area contributed by atoms with Gasteiger partial charge >= 0.3 is 0 Å². The normalized spacial score (nSPS) is 19.9. The first-order chi connectivity index (χ1) is 10.5. The summed E-state index contributed by atoms with van der Waals surface area (Å²) >= 11 is 7.66. The van der Waals surface area contributed by atoms with Gasteiger partial charge in [0, 0.05) is 13.0 Å². The molecule has 22 heavy (non-hydrogen) atoms. The van der Waals surface area contributed by atoms with E-state index in [1.807, 2.05) is 0 Å². The molecule has 8 heteroatoms. The fourth-order valence-electron chi connectivity index (χ4n) is 2.50. The van der Waals surface area contributed by atoms with Gasteiger partial charge in [-0.2, -0.15) is 5.10 Å². The van der Waals surface area contributed by atoms with Crippen LogP contribution in [-0.2, 0) is 9.59 Å². The highest BCUT2D eigenvalue weighted by Gasteiger charge is 2.40. The van der Waals surface area contributed by atoms with Crippen LogP contribution in [0, 0.1) is 9.87 Å². The number of nitrogens with one attached hydrogen (secondary N) is 1. The van der Waals surface area contributed by atoms with Crippen molar-refractivity contribution >= 4 is 47.1 Å². The number of amides is 2. The van der Waals surface area contributed by atoms with E-state index in [9.17, 15) is 9.59 Å². The summed E-state index contributed by atoms with van der Waals surface area (Å²) in [4.78, 5) is 26.1. The Morgan fingerprint density at radius 2 is 2.27 bits per heavy atom. The fourth-order valence-corrected chi connectivity index (χ4v) is 4.87. The van der Waals surface area contributed by atoms with E-state index in [-0.39, 0.29) is 23.5 Å². The van der Waals surface area contributed by atoms with Gasteiger partial charge in [0.05, 0.1) is 5.25 Å². The van der Waals surface area contributed by atoms with Gasteiger partial charge in [0.1, 0.15) is 0 Å². The number of H-pyrrole nitrogens is 1. The molecule has 2 heterocycles. The number of aromatic amines is 1. The zero-order valence-electron chi connectivity index (χ0n) is 12.8. The number of aromatic nitrogens is 2. The van der Waals surface area contributed by atoms with Gasteiger partial charge in [0.25, 0.3) is 0 Å². The Balaban J connectivity index is 1.97. The van der Waals surface area contributed by atoms with Crippen molar-refractivity contribution in [3.05, 3.63) is 3.95 Å². The zero-order chi connectivity index (χ0) is 16.1. The highest BCUT2D eigenvalue weighted by atomic mass is 32.2. The summed E-state index contributed by atoms with van der Waals surface area (Å²) in [5, 5.41) is 6.39. The molecule has 1 N–H and O–H groups in total. The van der Waals surface area contributed by atoms with Crippen LogP contribution < -0.4 is 0 Å². The summed E-state index contributed by atoms with van der Waals surface area (Å²) in [5.41, 5.74) is 0. The van der Waals surface area contributed by atoms with Crippen LogP contribution in [0.25, 0.3) is 0 Å². The molecule has 0 saturated carbocycles. The van der Waals surface area contributed by atoms with Gasteiger partial charge in [-0.05, 0) is 24.6 Å². The van der Waals surface area contributed by atoms with Gasteiger partial charge in [-0.1, -0.05) is 56.2 Å². The van der Waals surface area contributed by atoms with Crippen LogP contribution in [0.1, 0.15) is 46.0 Å². The van der Waals surface area contributed by atoms with E-state index >= 15 is 0 Å². The number of likely N-dealkylation sites (tertiary alicyclic amines) is 1. The van der Waals surface area contributed by atoms with Gasteiger partial charge in [-0.3, -0.25) is 19.6 Å². The first-order valence-electron chi connectivity index (χ1n) is 7.61. The lowest BCUT2D eigenvalue weighted by Gasteiger charge is -2.21. The summed E-state index contributed by atoms with van der Waals surface area (Å²) in [6.45, 7) is 4.83. The van der Waals surface area contributed by atoms with Crippen molar-refractivity contribution in [2.24, 2.45) is 5.92 Å². The first kappa shape index (κ1) is 17.6. The minimum Gasteiger partial charge on any atom is -0.281 e. The Morgan fingerprint density at radius 1 is 1.50 bits per heavy atom. The molecule has 0 bridgehead atoms. The molecule has 1 aromatic heterocycles. The average Bonchev–Trinajstić information content (AvgIpc) is 3.01. The molecular weight excluding hydrogens is 338 g/mol. The predicted octanol–water partition coefficient (Wildman–Crippen LogP) is 3.64. The van der Waals surface area contributed by atoms with Crippen molar-refractivity contribution in [3.8, 4) is 0 Å². The second-order valence-corrected chi connectivity index (χ2v) is 8.56. The molecule has 122 valence electrons. The minimum atomic E-state index is -0.356. The van der Waals surface area contributed by atoms with Crippen molar-refractivity contribution in [3.63, 3.8) is 0 Å². The van der Waals surface area contributed by atoms with E-state index in [4.69, 9.17) is 12.2 Å². The molecule has 2 amide bonds. The minimum absolute atomic E-state index is 0.0587. The monoisotopic (exact) mass is 359 g/mol. The predicted molar refractivity (Wildman–Crippen MR) is 91.6 cm³/mol. The molecule has 1 aromatic rings. The van der Waals surface area contributed by atoms with Crippen LogP contribution in [0.3, 0.4) is 0 Å². The number of rotatable bonds is 8. The Bertz CT molecular complexity index is 584. The number of nitrogens with zero attached hydrogens (tertiary/aromatic N) is 2. The Hall–Kier alpha value is -0.730. The summed E-state index contributed by atoms with van der Waals surface area (Å²) in [6, 6.07) is 0. The largest absolute Gasteiger partial charge is 0.281 e. The third-order valence-corrected chi connectivity index (χ3v) is 6.22. The van der Waals surface area contributed by atoms with Crippen LogP contribution in [0.5, 0.6) is 0 Å². The van der Waals surface area contributed by atoms with Crippen molar-refractivity contribution in [2.45, 2.75) is 55.5 Å². The van der Waals surface area contributed by atoms with E-state index in [2.05, 4.69) is 24.0 Å². The number of thioether (sulfide) groups is 1. The summed E-state index contributed by atoms with van der Waals surface area (Å²) in [6.07, 6.45) is 4.61. The molecule has 0 aliphatic carbocycles. The molecule has 0 radical (unpaired) electrons. The number of carbonyl (C=O) groups excluding carboxylic acids is 2. The third kappa shape index (κ3) is 4.39. The van der Waals surface area contributed by atoms with E-state index in [0.29, 0.717) is 16.4 Å². The third-order valence-electron chi connectivity index (χ3n) is 3.85. The van der Waals surface area contributed by atoms with Crippen molar-refractivity contribution in [1.29, 1.82) is 0 Å². The molecule has 1 fully saturated rings. The maximum absolute atomic E-state index is 12.5. The average molecular weight is 360 g/mol. The lowest BCUT2D eigenvalue weighted by Crippen LogP contribution is -2.35. The second-order valence-electron chi connectivity index (χ2n) is 5.45. The maximum Gasteiger partial charge on any atom is 0.243 e. The summed E-state index contributed by atoms with van der Waals surface area (Å²) in [5.74, 6) is 0.270. The lowest BCUT2D eigenvalue weighted by molar-refractivity contribution is -0.139. The number of imide groups is 1. The summed E-state index contributed by atoms with van der Waals surface area (Å²) < 4.78 is 1.30. The van der Waals surface area contributed by atoms with Gasteiger partial charge in [-0.25, -0.2) is 0 Å². The second kappa shape index (κ2) is 8.21. The fraction of sp³-hybridized carbons (Fsp3) is 0.714. The van der Waals surface area contributed by atoms with E-state index in [0.717, 1.165) is 30.0 Å². The lowest BCUT2D eigenvalue weighted by atomic mass is 9.99. The van der Waals surface area contributed by atoms with E-state index in [1.54, 1.807) is 0 Å². The van der Waals surface area contributed by atoms with Crippen molar-refractivity contribution < 1.29 is 9.59 Å². The summed E-state index contributed by atoms with van der Waals surface area (Å²) in [7, 11) is 0. The SMILES string of the molecule is CCCCC(CC)CN1C(=O)CC(Sc2n[nH]c(=S)s2)C1=O. The molecule has 5 nitrogen and oxygen atoms in total. The van der Waals surface area contributed by atoms with Crippen LogP contribution in [0.4, 0.5) is 0 Å². The number of hydrogen-bond donors (Lipinski definition) is 1. The maximum atomic E-state index is 12.5. The number of hydrogen-bond acceptors (Lipinski definition) is 6. The van der Waals surface area contributed by atoms with Crippen LogP contribution >= 0.6 is 35.3 Å². The molecule has 0 spiro atoms. The van der Waals surface area contributed by atoms with Gasteiger partial charge in [0.2, 0.25) is 11.8 Å². The quantitative estimate of drug-likeness (QED) is 0.567. The standard InChI is InChI=1S/C14H21N3O2S3/c1-3-5-6-9(4-2)8-17-11(18)7-10(12(17)19)21-14-16-15-13(20)22-14/h9-10H,3-8H2,1-2H3,(H,15,20). The Labute approximate surface area is 143 Å². The molecule has 2 rings (SSSR count). The van der Waals surface area contributed by atoms with Crippen LogP contribution in [0.2, 0.25) is 0 Å². The van der Waals surface area contributed by atoms with Crippen molar-refractivity contribution in [1.82, 2.24) is 15.1 Å². The van der Waals surface area contributed by atoms with E-state index in [1.165, 1.54) is 28.0 Å². The topological polar surface area (TPSA) is 66.1 Å².